The van der Waals surface area contributed by atoms with Crippen molar-refractivity contribution in [2.45, 2.75) is 45.3 Å². The van der Waals surface area contributed by atoms with E-state index in [1.165, 1.54) is 0 Å². The van der Waals surface area contributed by atoms with Crippen molar-refractivity contribution in [3.8, 4) is 0 Å². The Hall–Kier alpha value is -0.870. The second-order valence-corrected chi connectivity index (χ2v) is 6.07. The van der Waals surface area contributed by atoms with Crippen molar-refractivity contribution in [1.29, 1.82) is 0 Å². The molecular formula is C15H20BrNO2. The summed E-state index contributed by atoms with van der Waals surface area (Å²) in [5.41, 5.74) is 1.68. The van der Waals surface area contributed by atoms with Crippen LogP contribution in [-0.2, 0) is 0 Å². The Morgan fingerprint density at radius 2 is 2.21 bits per heavy atom. The van der Waals surface area contributed by atoms with Crippen molar-refractivity contribution in [3.05, 3.63) is 33.8 Å². The summed E-state index contributed by atoms with van der Waals surface area (Å²) in [4.78, 5) is 14.5. The molecule has 0 bridgehead atoms. The number of rotatable bonds is 2. The summed E-state index contributed by atoms with van der Waals surface area (Å²) in [6.07, 6.45) is 2.51. The predicted octanol–water partition coefficient (Wildman–Crippen LogP) is 3.13. The standard InChI is InChI=1S/C15H20BrNO2/c1-10-12(6-5-7-13(10)16)15(19)17-9-4-3-8-14(17)11(2)18/h5-7,11,14,18H,3-4,8-9H2,1-2H3. The van der Waals surface area contributed by atoms with Crippen LogP contribution in [0.1, 0.15) is 42.1 Å². The van der Waals surface area contributed by atoms with E-state index in [0.717, 1.165) is 41.4 Å². The molecule has 3 nitrogen and oxygen atoms in total. The minimum Gasteiger partial charge on any atom is -0.391 e. The van der Waals surface area contributed by atoms with Crippen LogP contribution < -0.4 is 0 Å². The van der Waals surface area contributed by atoms with Crippen molar-refractivity contribution in [1.82, 2.24) is 4.90 Å². The summed E-state index contributed by atoms with van der Waals surface area (Å²) < 4.78 is 0.948. The fraction of sp³-hybridized carbons (Fsp3) is 0.533. The van der Waals surface area contributed by atoms with E-state index in [0.29, 0.717) is 0 Å². The van der Waals surface area contributed by atoms with E-state index in [1.54, 1.807) is 6.92 Å². The van der Waals surface area contributed by atoms with Crippen molar-refractivity contribution < 1.29 is 9.90 Å². The zero-order chi connectivity index (χ0) is 14.0. The van der Waals surface area contributed by atoms with Gasteiger partial charge in [0.2, 0.25) is 0 Å². The highest BCUT2D eigenvalue weighted by Crippen LogP contribution is 2.25. The van der Waals surface area contributed by atoms with Crippen molar-refractivity contribution in [3.63, 3.8) is 0 Å². The first-order valence-electron chi connectivity index (χ1n) is 6.76. The zero-order valence-corrected chi connectivity index (χ0v) is 13.0. The van der Waals surface area contributed by atoms with Crippen LogP contribution in [0.15, 0.2) is 22.7 Å². The first-order chi connectivity index (χ1) is 9.02. The van der Waals surface area contributed by atoms with Crippen LogP contribution in [0, 0.1) is 6.92 Å². The molecular weight excluding hydrogens is 306 g/mol. The van der Waals surface area contributed by atoms with Crippen LogP contribution in [-0.4, -0.2) is 34.6 Å². The van der Waals surface area contributed by atoms with Gasteiger partial charge in [-0.25, -0.2) is 0 Å². The van der Waals surface area contributed by atoms with E-state index in [1.807, 2.05) is 30.0 Å². The minimum atomic E-state index is -0.475. The second-order valence-electron chi connectivity index (χ2n) is 5.21. The Kier molecular flexibility index (Phi) is 4.63. The van der Waals surface area contributed by atoms with E-state index in [2.05, 4.69) is 15.9 Å². The van der Waals surface area contributed by atoms with Crippen LogP contribution in [0.3, 0.4) is 0 Å². The number of carbonyl (C=O) groups excluding carboxylic acids is 1. The van der Waals surface area contributed by atoms with Crippen molar-refractivity contribution in [2.24, 2.45) is 0 Å². The number of hydrogen-bond acceptors (Lipinski definition) is 2. The lowest BCUT2D eigenvalue weighted by Crippen LogP contribution is -2.49. The fourth-order valence-electron chi connectivity index (χ4n) is 2.70. The van der Waals surface area contributed by atoms with Gasteiger partial charge in [-0.15, -0.1) is 0 Å². The summed E-state index contributed by atoms with van der Waals surface area (Å²) in [6, 6.07) is 5.62. The molecule has 0 radical (unpaired) electrons. The highest BCUT2D eigenvalue weighted by Gasteiger charge is 2.31. The van der Waals surface area contributed by atoms with Gasteiger partial charge in [0.15, 0.2) is 0 Å². The Balaban J connectivity index is 2.29. The van der Waals surface area contributed by atoms with Crippen LogP contribution >= 0.6 is 15.9 Å². The Labute approximate surface area is 122 Å². The molecule has 1 aliphatic rings. The molecule has 0 saturated carbocycles. The molecule has 1 saturated heterocycles. The summed E-state index contributed by atoms with van der Waals surface area (Å²) in [7, 11) is 0. The quantitative estimate of drug-likeness (QED) is 0.907. The summed E-state index contributed by atoms with van der Waals surface area (Å²) in [5, 5.41) is 9.86. The summed E-state index contributed by atoms with van der Waals surface area (Å²) in [6.45, 7) is 4.45. The Morgan fingerprint density at radius 1 is 1.47 bits per heavy atom. The normalized spacial score (nSPS) is 21.3. The highest BCUT2D eigenvalue weighted by molar-refractivity contribution is 9.10. The third-order valence-corrected chi connectivity index (χ3v) is 4.72. The Bertz CT molecular complexity index is 473. The van der Waals surface area contributed by atoms with Gasteiger partial charge >= 0.3 is 0 Å². The molecule has 1 fully saturated rings. The number of hydrogen-bond donors (Lipinski definition) is 1. The van der Waals surface area contributed by atoms with Gasteiger partial charge in [0, 0.05) is 16.6 Å². The van der Waals surface area contributed by atoms with Gasteiger partial charge in [-0.05, 0) is 50.8 Å². The molecule has 0 aromatic heterocycles. The maximum absolute atomic E-state index is 12.7. The molecule has 4 heteroatoms. The van der Waals surface area contributed by atoms with Crippen molar-refractivity contribution >= 4 is 21.8 Å². The van der Waals surface area contributed by atoms with Gasteiger partial charge in [-0.1, -0.05) is 22.0 Å². The zero-order valence-electron chi connectivity index (χ0n) is 11.4. The van der Waals surface area contributed by atoms with E-state index in [9.17, 15) is 9.90 Å². The lowest BCUT2D eigenvalue weighted by molar-refractivity contribution is 0.0280. The number of nitrogens with zero attached hydrogens (tertiary/aromatic N) is 1. The Morgan fingerprint density at radius 3 is 2.89 bits per heavy atom. The third kappa shape index (κ3) is 3.00. The number of benzene rings is 1. The molecule has 1 amide bonds. The lowest BCUT2D eigenvalue weighted by Gasteiger charge is -2.37. The molecule has 0 aliphatic carbocycles. The van der Waals surface area contributed by atoms with E-state index in [4.69, 9.17) is 0 Å². The first-order valence-corrected chi connectivity index (χ1v) is 7.56. The highest BCUT2D eigenvalue weighted by atomic mass is 79.9. The maximum Gasteiger partial charge on any atom is 0.254 e. The molecule has 2 unspecified atom stereocenters. The number of likely N-dealkylation sites (tertiary alicyclic amines) is 1. The SMILES string of the molecule is Cc1c(Br)cccc1C(=O)N1CCCCC1C(C)O. The molecule has 1 aliphatic heterocycles. The molecule has 1 N–H and O–H groups in total. The van der Waals surface area contributed by atoms with Gasteiger partial charge in [0.25, 0.3) is 5.91 Å². The predicted molar refractivity (Wildman–Crippen MR) is 79.2 cm³/mol. The van der Waals surface area contributed by atoms with Gasteiger partial charge < -0.3 is 10.0 Å². The number of amides is 1. The molecule has 1 heterocycles. The van der Waals surface area contributed by atoms with E-state index in [-0.39, 0.29) is 11.9 Å². The van der Waals surface area contributed by atoms with Crippen LogP contribution in [0.4, 0.5) is 0 Å². The number of aliphatic hydroxyl groups is 1. The largest absolute Gasteiger partial charge is 0.391 e. The lowest BCUT2D eigenvalue weighted by atomic mass is 9.96. The average molecular weight is 326 g/mol. The van der Waals surface area contributed by atoms with Gasteiger partial charge in [0.1, 0.15) is 0 Å². The second kappa shape index (κ2) is 6.06. The molecule has 1 aromatic rings. The molecule has 2 atom stereocenters. The molecule has 0 spiro atoms. The molecule has 104 valence electrons. The smallest absolute Gasteiger partial charge is 0.254 e. The minimum absolute atomic E-state index is 0.0319. The number of piperidine rings is 1. The molecule has 1 aromatic carbocycles. The van der Waals surface area contributed by atoms with Gasteiger partial charge in [0.05, 0.1) is 12.1 Å². The first kappa shape index (κ1) is 14.5. The van der Waals surface area contributed by atoms with Crippen LogP contribution in [0.5, 0.6) is 0 Å². The monoisotopic (exact) mass is 325 g/mol. The van der Waals surface area contributed by atoms with Crippen LogP contribution in [0.2, 0.25) is 0 Å². The van der Waals surface area contributed by atoms with E-state index < -0.39 is 6.10 Å². The fourth-order valence-corrected chi connectivity index (χ4v) is 3.07. The summed E-state index contributed by atoms with van der Waals surface area (Å²) in [5.74, 6) is 0.0319. The van der Waals surface area contributed by atoms with Gasteiger partial charge in [-0.3, -0.25) is 4.79 Å². The third-order valence-electron chi connectivity index (χ3n) is 3.87. The molecule has 19 heavy (non-hydrogen) atoms. The van der Waals surface area contributed by atoms with E-state index >= 15 is 0 Å². The van der Waals surface area contributed by atoms with Crippen LogP contribution in [0.25, 0.3) is 0 Å². The topological polar surface area (TPSA) is 40.5 Å². The summed E-state index contributed by atoms with van der Waals surface area (Å²) >= 11 is 3.46. The number of carbonyl (C=O) groups is 1. The van der Waals surface area contributed by atoms with Gasteiger partial charge in [-0.2, -0.15) is 0 Å². The maximum atomic E-state index is 12.7. The average Bonchev–Trinajstić information content (AvgIpc) is 2.41. The number of halogens is 1. The molecule has 2 rings (SSSR count). The number of aliphatic hydroxyl groups excluding tert-OH is 1. The van der Waals surface area contributed by atoms with Crippen molar-refractivity contribution in [2.75, 3.05) is 6.54 Å².